The fraction of sp³-hybridized carbons (Fsp3) is 0.345. The highest BCUT2D eigenvalue weighted by Crippen LogP contribution is 2.41. The molecule has 1 saturated heterocycles. The summed E-state index contributed by atoms with van der Waals surface area (Å²) in [6.45, 7) is 3.74. The van der Waals surface area contributed by atoms with Gasteiger partial charge in [0.2, 0.25) is 0 Å². The second-order valence-electron chi connectivity index (χ2n) is 9.58. The van der Waals surface area contributed by atoms with Gasteiger partial charge in [-0.2, -0.15) is 0 Å². The first kappa shape index (κ1) is 32.4. The number of fused-ring (bicyclic) bond motifs is 1. The van der Waals surface area contributed by atoms with E-state index in [0.717, 1.165) is 23.3 Å². The molecular formula is C29H32N6O7S2. The summed E-state index contributed by atoms with van der Waals surface area (Å²) < 4.78 is 10.9. The number of hydrogen-bond acceptors (Lipinski definition) is 13. The highest BCUT2D eigenvalue weighted by atomic mass is 32.2. The van der Waals surface area contributed by atoms with Crippen LogP contribution in [-0.2, 0) is 28.7 Å². The first-order chi connectivity index (χ1) is 21.3. The molecule has 0 unspecified atom stereocenters. The van der Waals surface area contributed by atoms with E-state index < -0.39 is 40.9 Å². The lowest BCUT2D eigenvalue weighted by Crippen LogP contribution is -2.71. The molecule has 0 radical (unpaired) electrons. The average molecular weight is 641 g/mol. The normalized spacial score (nSPS) is 18.6. The monoisotopic (exact) mass is 640 g/mol. The van der Waals surface area contributed by atoms with Crippen molar-refractivity contribution in [3.05, 3.63) is 70.2 Å². The van der Waals surface area contributed by atoms with E-state index in [1.807, 2.05) is 19.9 Å². The van der Waals surface area contributed by atoms with Crippen LogP contribution in [0.4, 0.5) is 5.13 Å². The first-order valence-corrected chi connectivity index (χ1v) is 15.7. The minimum Gasteiger partial charge on any atom is -0.462 e. The number of rotatable bonds is 13. The van der Waals surface area contributed by atoms with Crippen molar-refractivity contribution in [3.63, 3.8) is 0 Å². The maximum Gasteiger partial charge on any atom is 0.355 e. The first-order valence-electron chi connectivity index (χ1n) is 13.8. The average Bonchev–Trinajstić information content (AvgIpc) is 3.46. The van der Waals surface area contributed by atoms with E-state index in [0.29, 0.717) is 24.2 Å². The van der Waals surface area contributed by atoms with Crippen LogP contribution in [0.2, 0.25) is 0 Å². The number of nitrogens with zero attached hydrogens (tertiary/aromatic N) is 4. The molecule has 13 nitrogen and oxygen atoms in total. The lowest BCUT2D eigenvalue weighted by atomic mass is 10.0. The van der Waals surface area contributed by atoms with Crippen LogP contribution in [0.3, 0.4) is 0 Å². The summed E-state index contributed by atoms with van der Waals surface area (Å²) in [5.41, 5.74) is 6.78. The van der Waals surface area contributed by atoms with Gasteiger partial charge in [-0.3, -0.25) is 19.5 Å². The largest absolute Gasteiger partial charge is 0.462 e. The van der Waals surface area contributed by atoms with Crippen LogP contribution < -0.4 is 11.1 Å². The summed E-state index contributed by atoms with van der Waals surface area (Å²) >= 11 is 2.40. The van der Waals surface area contributed by atoms with Gasteiger partial charge < -0.3 is 25.7 Å². The van der Waals surface area contributed by atoms with Crippen molar-refractivity contribution in [2.45, 2.75) is 44.5 Å². The smallest absolute Gasteiger partial charge is 0.355 e. The van der Waals surface area contributed by atoms with Gasteiger partial charge >= 0.3 is 11.9 Å². The van der Waals surface area contributed by atoms with Crippen LogP contribution in [0.25, 0.3) is 6.08 Å². The van der Waals surface area contributed by atoms with Crippen molar-refractivity contribution in [2.24, 2.45) is 5.16 Å². The van der Waals surface area contributed by atoms with E-state index in [-0.39, 0.29) is 35.3 Å². The van der Waals surface area contributed by atoms with Gasteiger partial charge in [0.1, 0.15) is 29.4 Å². The minimum atomic E-state index is -1.02. The minimum absolute atomic E-state index is 0.00270. The van der Waals surface area contributed by atoms with Gasteiger partial charge in [0, 0.05) is 23.5 Å². The van der Waals surface area contributed by atoms with Crippen LogP contribution in [0.1, 0.15) is 44.4 Å². The molecule has 0 aliphatic carbocycles. The quantitative estimate of drug-likeness (QED) is 0.0556. The molecule has 44 heavy (non-hydrogen) atoms. The molecule has 2 aromatic rings. The molecule has 4 heterocycles. The summed E-state index contributed by atoms with van der Waals surface area (Å²) in [4.78, 5) is 61.8. The van der Waals surface area contributed by atoms with Crippen LogP contribution in [0.5, 0.6) is 0 Å². The Morgan fingerprint density at radius 1 is 1.27 bits per heavy atom. The standard InChI is InChI=1S/C29H32N6O7S2/c1-3-5-12-41-27(38)18(7-4-2)14-42-28(39)23-19(10-9-17-8-6-11-31-13-17)15-43-26-22(25(37)35(23)26)33-24(36)21(34-40)20-16-44-29(30)32-20/h6-11,13,16,22,26,40H,3-5,12,14-15H2,1-2H3,(H2,30,32)(H,33,36)/b10-9-,18-7+,34-21?/t22-,26-/m1/s1. The third kappa shape index (κ3) is 7.52. The van der Waals surface area contributed by atoms with E-state index in [9.17, 15) is 24.4 Å². The van der Waals surface area contributed by atoms with Crippen molar-refractivity contribution >= 4 is 63.8 Å². The molecule has 0 spiro atoms. The number of thiazole rings is 1. The van der Waals surface area contributed by atoms with E-state index in [4.69, 9.17) is 15.2 Å². The Hall–Kier alpha value is -4.50. The Labute approximate surface area is 261 Å². The number of carbonyl (C=O) groups is 4. The van der Waals surface area contributed by atoms with Gasteiger partial charge in [-0.05, 0) is 30.0 Å². The van der Waals surface area contributed by atoms with E-state index in [1.54, 1.807) is 36.7 Å². The molecule has 2 aliphatic heterocycles. The molecule has 232 valence electrons. The SMILES string of the molecule is CC/C=C(\COC(=O)C1=C(/C=C\c2cccnc2)CS[C@@H]2[C@H](NC(=O)C(=NO)c3csc(N)n3)C(=O)N12)C(=O)OCCCC. The number of allylic oxidation sites excluding steroid dienone is 2. The second kappa shape index (κ2) is 15.3. The molecular weight excluding hydrogens is 608 g/mol. The van der Waals surface area contributed by atoms with E-state index >= 15 is 0 Å². The van der Waals surface area contributed by atoms with Crippen LogP contribution in [0, 0.1) is 0 Å². The maximum atomic E-state index is 13.6. The summed E-state index contributed by atoms with van der Waals surface area (Å²) in [6.07, 6.45) is 10.5. The molecule has 2 amide bonds. The van der Waals surface area contributed by atoms with Crippen molar-refractivity contribution in [3.8, 4) is 0 Å². The van der Waals surface area contributed by atoms with Gasteiger partial charge in [0.25, 0.3) is 11.8 Å². The Morgan fingerprint density at radius 3 is 2.75 bits per heavy atom. The van der Waals surface area contributed by atoms with Crippen LogP contribution >= 0.6 is 23.1 Å². The fourth-order valence-corrected chi connectivity index (χ4v) is 6.18. The van der Waals surface area contributed by atoms with Crippen molar-refractivity contribution in [2.75, 3.05) is 24.7 Å². The van der Waals surface area contributed by atoms with Crippen LogP contribution in [0.15, 0.2) is 64.1 Å². The molecule has 0 bridgehead atoms. The molecule has 4 rings (SSSR count). The molecule has 4 N–H and O–H groups in total. The fourth-order valence-electron chi connectivity index (χ4n) is 4.31. The summed E-state index contributed by atoms with van der Waals surface area (Å²) in [5.74, 6) is -2.46. The number of oxime groups is 1. The van der Waals surface area contributed by atoms with Gasteiger partial charge in [-0.15, -0.1) is 23.1 Å². The van der Waals surface area contributed by atoms with Gasteiger partial charge in [0.15, 0.2) is 10.8 Å². The molecule has 0 saturated carbocycles. The molecule has 1 fully saturated rings. The molecule has 2 aliphatic rings. The Kier molecular flexibility index (Phi) is 11.3. The van der Waals surface area contributed by atoms with E-state index in [2.05, 4.69) is 20.4 Å². The third-order valence-electron chi connectivity index (χ3n) is 6.52. The number of thioether (sulfide) groups is 1. The molecule has 2 atom stereocenters. The zero-order valence-electron chi connectivity index (χ0n) is 24.1. The number of ether oxygens (including phenoxy) is 2. The predicted molar refractivity (Wildman–Crippen MR) is 165 cm³/mol. The predicted octanol–water partition coefficient (Wildman–Crippen LogP) is 2.89. The summed E-state index contributed by atoms with van der Waals surface area (Å²) in [5, 5.41) is 16.0. The maximum absolute atomic E-state index is 13.6. The zero-order chi connectivity index (χ0) is 31.6. The van der Waals surface area contributed by atoms with Gasteiger partial charge in [-0.25, -0.2) is 14.6 Å². The summed E-state index contributed by atoms with van der Waals surface area (Å²) in [7, 11) is 0. The molecule has 15 heteroatoms. The number of hydrogen-bond donors (Lipinski definition) is 3. The third-order valence-corrected chi connectivity index (χ3v) is 8.50. The Bertz CT molecular complexity index is 1520. The number of unbranched alkanes of at least 4 members (excludes halogenated alkanes) is 1. The number of amides is 2. The number of nitrogen functional groups attached to an aromatic ring is 1. The zero-order valence-corrected chi connectivity index (χ0v) is 25.7. The second-order valence-corrected chi connectivity index (χ2v) is 11.6. The number of β-lactam (4-membered cyclic amide) rings is 1. The van der Waals surface area contributed by atoms with E-state index in [1.165, 1.54) is 22.0 Å². The lowest BCUT2D eigenvalue weighted by Gasteiger charge is -2.49. The highest BCUT2D eigenvalue weighted by Gasteiger charge is 2.54. The van der Waals surface area contributed by atoms with Crippen molar-refractivity contribution in [1.29, 1.82) is 0 Å². The highest BCUT2D eigenvalue weighted by molar-refractivity contribution is 8.00. The number of pyridine rings is 1. The lowest BCUT2D eigenvalue weighted by molar-refractivity contribution is -0.152. The Morgan fingerprint density at radius 2 is 2.09 bits per heavy atom. The van der Waals surface area contributed by atoms with Crippen molar-refractivity contribution in [1.82, 2.24) is 20.2 Å². The number of nitrogens with one attached hydrogen (secondary N) is 1. The topological polar surface area (TPSA) is 186 Å². The Balaban J connectivity index is 1.55. The number of anilines is 1. The van der Waals surface area contributed by atoms with Crippen LogP contribution in [-0.4, -0.2) is 79.9 Å². The number of nitrogens with two attached hydrogens (primary N) is 1. The summed E-state index contributed by atoms with van der Waals surface area (Å²) in [6, 6.07) is 2.59. The van der Waals surface area contributed by atoms with Gasteiger partial charge in [0.05, 0.1) is 12.2 Å². The molecule has 0 aromatic carbocycles. The number of esters is 2. The number of carbonyl (C=O) groups excluding carboxylic acids is 4. The van der Waals surface area contributed by atoms with Crippen molar-refractivity contribution < 1.29 is 33.9 Å². The molecule has 2 aromatic heterocycles. The number of aromatic nitrogens is 2. The van der Waals surface area contributed by atoms with Gasteiger partial charge in [-0.1, -0.05) is 49.7 Å².